The maximum Gasteiger partial charge on any atom is 0.336 e. The molecule has 0 aliphatic heterocycles. The number of carboxylic acids is 1. The molecule has 0 amide bonds. The van der Waals surface area contributed by atoms with Gasteiger partial charge in [-0.3, -0.25) is 0 Å². The van der Waals surface area contributed by atoms with Crippen molar-refractivity contribution in [2.45, 2.75) is 82.7 Å². The van der Waals surface area contributed by atoms with E-state index in [2.05, 4.69) is 0 Å². The van der Waals surface area contributed by atoms with Crippen molar-refractivity contribution in [2.24, 2.45) is 35.5 Å². The molecule has 130 valence electrons. The Kier molecular flexibility index (Phi) is 4.19. The second-order valence-electron chi connectivity index (χ2n) is 8.92. The first kappa shape index (κ1) is 15.9. The van der Waals surface area contributed by atoms with Gasteiger partial charge >= 0.3 is 5.97 Å². The van der Waals surface area contributed by atoms with E-state index in [1.165, 1.54) is 32.1 Å². The van der Waals surface area contributed by atoms with Crippen molar-refractivity contribution in [3.05, 3.63) is 0 Å². The molecule has 4 rings (SSSR count). The Labute approximate surface area is 139 Å². The standard InChI is InChI=1S/C20H32O3/c21-19(22)20(23,15-6-2-1-3-7-15)17-12-11-14-10-9-13-5-4-8-16(17)18(13)14/h13-18,23H,1-12H2,(H,21,22). The number of carboxylic acid groups (broad SMARTS) is 1. The highest BCUT2D eigenvalue weighted by atomic mass is 16.4. The maximum atomic E-state index is 12.2. The van der Waals surface area contributed by atoms with Crippen molar-refractivity contribution in [3.8, 4) is 0 Å². The van der Waals surface area contributed by atoms with Crippen molar-refractivity contribution in [1.29, 1.82) is 0 Å². The molecule has 4 aliphatic rings. The van der Waals surface area contributed by atoms with E-state index in [0.717, 1.165) is 62.7 Å². The summed E-state index contributed by atoms with van der Waals surface area (Å²) in [6, 6.07) is 0. The van der Waals surface area contributed by atoms with Crippen LogP contribution in [0.15, 0.2) is 0 Å². The summed E-state index contributed by atoms with van der Waals surface area (Å²) < 4.78 is 0. The molecule has 6 unspecified atom stereocenters. The van der Waals surface area contributed by atoms with Crippen molar-refractivity contribution in [2.75, 3.05) is 0 Å². The molecule has 3 heteroatoms. The lowest BCUT2D eigenvalue weighted by Gasteiger charge is -2.52. The van der Waals surface area contributed by atoms with Crippen LogP contribution in [-0.2, 0) is 4.79 Å². The molecule has 3 nitrogen and oxygen atoms in total. The van der Waals surface area contributed by atoms with Crippen LogP contribution in [0.3, 0.4) is 0 Å². The molecular formula is C20H32O3. The van der Waals surface area contributed by atoms with Crippen molar-refractivity contribution in [1.82, 2.24) is 0 Å². The van der Waals surface area contributed by atoms with E-state index in [4.69, 9.17) is 0 Å². The van der Waals surface area contributed by atoms with Crippen molar-refractivity contribution < 1.29 is 15.0 Å². The van der Waals surface area contributed by atoms with Crippen molar-refractivity contribution >= 4 is 5.97 Å². The number of hydrogen-bond donors (Lipinski definition) is 2. The van der Waals surface area contributed by atoms with E-state index < -0.39 is 11.6 Å². The molecule has 0 spiro atoms. The van der Waals surface area contributed by atoms with E-state index in [9.17, 15) is 15.0 Å². The minimum Gasteiger partial charge on any atom is -0.479 e. The first-order valence-corrected chi connectivity index (χ1v) is 10.1. The molecule has 0 bridgehead atoms. The van der Waals surface area contributed by atoms with Gasteiger partial charge in [-0.25, -0.2) is 4.79 Å². The number of carbonyl (C=O) groups is 1. The minimum absolute atomic E-state index is 0.00486. The van der Waals surface area contributed by atoms with Gasteiger partial charge in [-0.05, 0) is 74.5 Å². The lowest BCUT2D eigenvalue weighted by Crippen LogP contribution is -2.58. The van der Waals surface area contributed by atoms with Crippen LogP contribution in [0.2, 0.25) is 0 Å². The molecule has 23 heavy (non-hydrogen) atoms. The van der Waals surface area contributed by atoms with Crippen LogP contribution in [0.25, 0.3) is 0 Å². The summed E-state index contributed by atoms with van der Waals surface area (Å²) >= 11 is 0. The molecule has 6 atom stereocenters. The van der Waals surface area contributed by atoms with Crippen LogP contribution in [-0.4, -0.2) is 21.8 Å². The van der Waals surface area contributed by atoms with Crippen LogP contribution in [0, 0.1) is 35.5 Å². The van der Waals surface area contributed by atoms with Gasteiger partial charge in [-0.1, -0.05) is 32.1 Å². The normalized spacial score (nSPS) is 43.6. The SMILES string of the molecule is O=C(O)C(O)(C1CCCCC1)C1CCC2CCC3CCCC1C32. The van der Waals surface area contributed by atoms with Crippen LogP contribution in [0.5, 0.6) is 0 Å². The summed E-state index contributed by atoms with van der Waals surface area (Å²) in [6.07, 6.45) is 13.8. The largest absolute Gasteiger partial charge is 0.479 e. The Hall–Kier alpha value is -0.570. The fourth-order valence-corrected chi connectivity index (χ4v) is 7.18. The highest BCUT2D eigenvalue weighted by Gasteiger charge is 2.58. The molecule has 0 aromatic heterocycles. The average Bonchev–Trinajstić information content (AvgIpc) is 3.00. The Morgan fingerprint density at radius 2 is 1.43 bits per heavy atom. The third-order valence-electron chi connectivity index (χ3n) is 8.10. The van der Waals surface area contributed by atoms with E-state index in [1.54, 1.807) is 0 Å². The molecule has 2 N–H and O–H groups in total. The van der Waals surface area contributed by atoms with Gasteiger partial charge in [0.1, 0.15) is 0 Å². The monoisotopic (exact) mass is 320 g/mol. The Bertz CT molecular complexity index is 450. The Morgan fingerprint density at radius 1 is 0.783 bits per heavy atom. The van der Waals surface area contributed by atoms with Gasteiger partial charge in [-0.2, -0.15) is 0 Å². The molecule has 0 radical (unpaired) electrons. The zero-order chi connectivity index (χ0) is 16.0. The second kappa shape index (κ2) is 6.06. The summed E-state index contributed by atoms with van der Waals surface area (Å²) in [4.78, 5) is 12.2. The molecule has 0 aromatic rings. The van der Waals surface area contributed by atoms with E-state index in [1.807, 2.05) is 0 Å². The van der Waals surface area contributed by atoms with Gasteiger partial charge in [0.25, 0.3) is 0 Å². The van der Waals surface area contributed by atoms with Crippen molar-refractivity contribution in [3.63, 3.8) is 0 Å². The number of rotatable bonds is 3. The smallest absolute Gasteiger partial charge is 0.336 e. The molecule has 0 heterocycles. The zero-order valence-corrected chi connectivity index (χ0v) is 14.3. The first-order valence-electron chi connectivity index (χ1n) is 10.1. The fourth-order valence-electron chi connectivity index (χ4n) is 7.18. The van der Waals surface area contributed by atoms with Gasteiger partial charge in [-0.15, -0.1) is 0 Å². The van der Waals surface area contributed by atoms with Crippen LogP contribution >= 0.6 is 0 Å². The average molecular weight is 320 g/mol. The summed E-state index contributed by atoms with van der Waals surface area (Å²) in [5, 5.41) is 21.5. The van der Waals surface area contributed by atoms with Gasteiger partial charge in [0.05, 0.1) is 0 Å². The third-order valence-corrected chi connectivity index (χ3v) is 8.10. The molecule has 4 fully saturated rings. The zero-order valence-electron chi connectivity index (χ0n) is 14.3. The summed E-state index contributed by atoms with van der Waals surface area (Å²) in [5.41, 5.74) is -1.46. The quantitative estimate of drug-likeness (QED) is 0.818. The summed E-state index contributed by atoms with van der Waals surface area (Å²) in [5.74, 6) is 1.90. The van der Waals surface area contributed by atoms with Crippen LogP contribution in [0.1, 0.15) is 77.0 Å². The second-order valence-corrected chi connectivity index (χ2v) is 8.92. The summed E-state index contributed by atoms with van der Waals surface area (Å²) in [6.45, 7) is 0. The number of aliphatic hydroxyl groups is 1. The highest BCUT2D eigenvalue weighted by molar-refractivity contribution is 5.78. The number of hydrogen-bond acceptors (Lipinski definition) is 2. The first-order chi connectivity index (χ1) is 11.1. The van der Waals surface area contributed by atoms with E-state index in [-0.39, 0.29) is 11.8 Å². The molecule has 4 aliphatic carbocycles. The van der Waals surface area contributed by atoms with Gasteiger partial charge in [0, 0.05) is 5.92 Å². The molecule has 0 saturated heterocycles. The van der Waals surface area contributed by atoms with Gasteiger partial charge < -0.3 is 10.2 Å². The summed E-state index contributed by atoms with van der Waals surface area (Å²) in [7, 11) is 0. The van der Waals surface area contributed by atoms with E-state index in [0.29, 0.717) is 5.92 Å². The highest BCUT2D eigenvalue weighted by Crippen LogP contribution is 2.59. The fraction of sp³-hybridized carbons (Fsp3) is 0.950. The predicted octanol–water partition coefficient (Wildman–Crippen LogP) is 4.23. The van der Waals surface area contributed by atoms with Gasteiger partial charge in [0.15, 0.2) is 5.60 Å². The third kappa shape index (κ3) is 2.45. The molecule has 4 saturated carbocycles. The molecular weight excluding hydrogens is 288 g/mol. The lowest BCUT2D eigenvalue weighted by molar-refractivity contribution is -0.188. The maximum absolute atomic E-state index is 12.2. The Balaban J connectivity index is 1.64. The van der Waals surface area contributed by atoms with Crippen LogP contribution < -0.4 is 0 Å². The Morgan fingerprint density at radius 3 is 2.13 bits per heavy atom. The molecule has 0 aromatic carbocycles. The minimum atomic E-state index is -1.46. The lowest BCUT2D eigenvalue weighted by atomic mass is 9.54. The van der Waals surface area contributed by atoms with Crippen LogP contribution in [0.4, 0.5) is 0 Å². The topological polar surface area (TPSA) is 57.5 Å². The van der Waals surface area contributed by atoms with E-state index >= 15 is 0 Å². The number of aliphatic carboxylic acids is 1. The predicted molar refractivity (Wildman–Crippen MR) is 88.9 cm³/mol. The van der Waals surface area contributed by atoms with Gasteiger partial charge in [0.2, 0.25) is 0 Å².